The highest BCUT2D eigenvalue weighted by atomic mass is 35.5. The fourth-order valence-electron chi connectivity index (χ4n) is 4.28. The normalized spacial score (nSPS) is 17.9. The fraction of sp³-hybridized carbons (Fsp3) is 0.708. The Labute approximate surface area is 231 Å². The molecule has 0 aliphatic carbocycles. The predicted molar refractivity (Wildman–Crippen MR) is 149 cm³/mol. The lowest BCUT2D eigenvalue weighted by atomic mass is 10.3. The minimum Gasteiger partial charge on any atom is -0.379 e. The van der Waals surface area contributed by atoms with Gasteiger partial charge in [0.15, 0.2) is 14.9 Å². The van der Waals surface area contributed by atoms with E-state index in [0.717, 1.165) is 78.8 Å². The molecule has 2 fully saturated rings. The summed E-state index contributed by atoms with van der Waals surface area (Å²) in [5, 5.41) is 1.29. The first kappa shape index (κ1) is 29.8. The minimum atomic E-state index is -3.58. The van der Waals surface area contributed by atoms with E-state index >= 15 is 0 Å². The molecule has 0 aromatic heterocycles. The average Bonchev–Trinajstić information content (AvgIpc) is 2.84. The van der Waals surface area contributed by atoms with E-state index < -0.39 is 9.84 Å². The van der Waals surface area contributed by atoms with Gasteiger partial charge in [0.1, 0.15) is 0 Å². The molecule has 0 amide bonds. The highest BCUT2D eigenvalue weighted by molar-refractivity contribution is 7.91. The zero-order valence-electron chi connectivity index (χ0n) is 21.2. The standard InChI is InChI=1S/C24H38Cl2N4O4S2/c1-20(2)30(11-16-36(31,32)23-18-21(25)17-22(26)19-23)24(35)29(5-3-27-7-12-33-13-8-27)6-4-28-9-14-34-15-10-28/h17-20H,3-16H2,1-2H3. The van der Waals surface area contributed by atoms with Gasteiger partial charge in [-0.05, 0) is 44.3 Å². The molecule has 0 atom stereocenters. The number of halogens is 2. The maximum Gasteiger partial charge on any atom is 0.180 e. The highest BCUT2D eigenvalue weighted by Gasteiger charge is 2.25. The molecule has 0 radical (unpaired) electrons. The van der Waals surface area contributed by atoms with Crippen LogP contribution in [0, 0.1) is 0 Å². The van der Waals surface area contributed by atoms with E-state index in [1.165, 1.54) is 18.2 Å². The number of ether oxygens (including phenoxy) is 2. The van der Waals surface area contributed by atoms with E-state index in [0.29, 0.717) is 15.2 Å². The molecule has 2 saturated heterocycles. The Balaban J connectivity index is 1.68. The number of nitrogens with zero attached hydrogens (tertiary/aromatic N) is 4. The third-order valence-corrected chi connectivity index (χ3v) is 9.12. The van der Waals surface area contributed by atoms with Crippen molar-refractivity contribution in [2.24, 2.45) is 0 Å². The zero-order valence-corrected chi connectivity index (χ0v) is 24.3. The summed E-state index contributed by atoms with van der Waals surface area (Å²) in [6, 6.07) is 4.46. The summed E-state index contributed by atoms with van der Waals surface area (Å²) < 4.78 is 37.1. The number of sulfone groups is 1. The highest BCUT2D eigenvalue weighted by Crippen LogP contribution is 2.23. The number of rotatable bonds is 11. The molecule has 0 bridgehead atoms. The molecule has 12 heteroatoms. The van der Waals surface area contributed by atoms with E-state index in [1.807, 2.05) is 18.7 Å². The second kappa shape index (κ2) is 14.4. The van der Waals surface area contributed by atoms with Crippen molar-refractivity contribution in [3.63, 3.8) is 0 Å². The Hall–Kier alpha value is -0.720. The minimum absolute atomic E-state index is 0.0462. The van der Waals surface area contributed by atoms with Crippen LogP contribution in [-0.2, 0) is 19.3 Å². The third kappa shape index (κ3) is 9.23. The topological polar surface area (TPSA) is 65.6 Å². The summed E-state index contributed by atoms with van der Waals surface area (Å²) in [6.07, 6.45) is 0. The van der Waals surface area contributed by atoms with Crippen LogP contribution in [0.2, 0.25) is 10.0 Å². The number of morpholine rings is 2. The van der Waals surface area contributed by atoms with Crippen LogP contribution in [0.4, 0.5) is 0 Å². The van der Waals surface area contributed by atoms with E-state index in [4.69, 9.17) is 44.9 Å². The monoisotopic (exact) mass is 580 g/mol. The lowest BCUT2D eigenvalue weighted by molar-refractivity contribution is 0.0299. The van der Waals surface area contributed by atoms with Crippen molar-refractivity contribution in [3.05, 3.63) is 28.2 Å². The van der Waals surface area contributed by atoms with Crippen molar-refractivity contribution in [1.82, 2.24) is 19.6 Å². The van der Waals surface area contributed by atoms with Gasteiger partial charge in [-0.2, -0.15) is 0 Å². The molecular formula is C24H38Cl2N4O4S2. The lowest BCUT2D eigenvalue weighted by Gasteiger charge is -2.39. The molecule has 2 heterocycles. The van der Waals surface area contributed by atoms with Crippen LogP contribution in [0.5, 0.6) is 0 Å². The fourth-order valence-corrected chi connectivity index (χ4v) is 6.70. The molecule has 0 unspecified atom stereocenters. The van der Waals surface area contributed by atoms with E-state index in [2.05, 4.69) is 14.7 Å². The van der Waals surface area contributed by atoms with Crippen molar-refractivity contribution in [3.8, 4) is 0 Å². The second-order valence-corrected chi connectivity index (χ2v) is 12.7. The number of benzene rings is 1. The van der Waals surface area contributed by atoms with Crippen molar-refractivity contribution in [2.45, 2.75) is 24.8 Å². The summed E-state index contributed by atoms with van der Waals surface area (Å²) in [4.78, 5) is 9.15. The van der Waals surface area contributed by atoms with Crippen molar-refractivity contribution in [2.75, 3.05) is 91.1 Å². The van der Waals surface area contributed by atoms with Gasteiger partial charge < -0.3 is 19.3 Å². The van der Waals surface area contributed by atoms with Gasteiger partial charge in [0.25, 0.3) is 0 Å². The van der Waals surface area contributed by atoms with Crippen molar-refractivity contribution >= 4 is 50.4 Å². The van der Waals surface area contributed by atoms with Crippen LogP contribution in [0.3, 0.4) is 0 Å². The summed E-state index contributed by atoms with van der Waals surface area (Å²) in [5.74, 6) is -0.0806. The molecule has 8 nitrogen and oxygen atoms in total. The Morgan fingerprint density at radius 1 is 0.917 bits per heavy atom. The van der Waals surface area contributed by atoms with Crippen LogP contribution < -0.4 is 0 Å². The van der Waals surface area contributed by atoms with Gasteiger partial charge in [-0.25, -0.2) is 8.42 Å². The number of thiocarbonyl (C=S) groups is 1. The van der Waals surface area contributed by atoms with Crippen LogP contribution in [0.25, 0.3) is 0 Å². The van der Waals surface area contributed by atoms with Gasteiger partial charge >= 0.3 is 0 Å². The van der Waals surface area contributed by atoms with Gasteiger partial charge in [-0.1, -0.05) is 23.2 Å². The predicted octanol–water partition coefficient (Wildman–Crippen LogP) is 2.73. The molecule has 1 aromatic carbocycles. The van der Waals surface area contributed by atoms with E-state index in [1.54, 1.807) is 0 Å². The lowest BCUT2D eigenvalue weighted by Crippen LogP contribution is -2.52. The zero-order chi connectivity index (χ0) is 26.1. The van der Waals surface area contributed by atoms with Crippen molar-refractivity contribution in [1.29, 1.82) is 0 Å². The third-order valence-electron chi connectivity index (χ3n) is 6.52. The first-order valence-corrected chi connectivity index (χ1v) is 15.3. The van der Waals surface area contributed by atoms with E-state index in [-0.39, 0.29) is 23.2 Å². The Morgan fingerprint density at radius 2 is 1.39 bits per heavy atom. The molecule has 2 aliphatic rings. The molecule has 0 N–H and O–H groups in total. The van der Waals surface area contributed by atoms with Gasteiger partial charge in [0.2, 0.25) is 0 Å². The van der Waals surface area contributed by atoms with Crippen molar-refractivity contribution < 1.29 is 17.9 Å². The largest absolute Gasteiger partial charge is 0.379 e. The van der Waals surface area contributed by atoms with Gasteiger partial charge in [-0.3, -0.25) is 9.80 Å². The Morgan fingerprint density at radius 3 is 1.83 bits per heavy atom. The van der Waals surface area contributed by atoms with Crippen LogP contribution in [-0.4, -0.2) is 130 Å². The first-order valence-electron chi connectivity index (χ1n) is 12.5. The molecule has 3 rings (SSSR count). The maximum absolute atomic E-state index is 13.1. The quantitative estimate of drug-likeness (QED) is 0.367. The summed E-state index contributed by atoms with van der Waals surface area (Å²) >= 11 is 18.1. The molecule has 1 aromatic rings. The Bertz CT molecular complexity index is 913. The second-order valence-electron chi connectivity index (χ2n) is 9.39. The number of hydrogen-bond donors (Lipinski definition) is 0. The molecule has 36 heavy (non-hydrogen) atoms. The summed E-state index contributed by atoms with van der Waals surface area (Å²) in [6.45, 7) is 14.4. The van der Waals surface area contributed by atoms with Crippen LogP contribution >= 0.6 is 35.4 Å². The molecule has 0 spiro atoms. The molecular weight excluding hydrogens is 543 g/mol. The average molecular weight is 582 g/mol. The first-order chi connectivity index (χ1) is 17.2. The SMILES string of the molecule is CC(C)N(CCS(=O)(=O)c1cc(Cl)cc(Cl)c1)C(=S)N(CCN1CCOCC1)CCN1CCOCC1. The van der Waals surface area contributed by atoms with Crippen LogP contribution in [0.1, 0.15) is 13.8 Å². The Kier molecular flexibility index (Phi) is 12.0. The van der Waals surface area contributed by atoms with Crippen LogP contribution in [0.15, 0.2) is 23.1 Å². The van der Waals surface area contributed by atoms with E-state index in [9.17, 15) is 8.42 Å². The number of hydrogen-bond acceptors (Lipinski definition) is 7. The smallest absolute Gasteiger partial charge is 0.180 e. The van der Waals surface area contributed by atoms with Gasteiger partial charge in [0, 0.05) is 75.0 Å². The molecule has 204 valence electrons. The van der Waals surface area contributed by atoms with Gasteiger partial charge in [-0.15, -0.1) is 0 Å². The molecule has 0 saturated carbocycles. The molecule has 2 aliphatic heterocycles. The maximum atomic E-state index is 13.1. The summed E-state index contributed by atoms with van der Waals surface area (Å²) in [5.41, 5.74) is 0. The van der Waals surface area contributed by atoms with Gasteiger partial charge in [0.05, 0.1) is 37.1 Å². The summed E-state index contributed by atoms with van der Waals surface area (Å²) in [7, 11) is -3.58.